The zero-order valence-electron chi connectivity index (χ0n) is 11.2. The maximum absolute atomic E-state index is 13.7. The highest BCUT2D eigenvalue weighted by molar-refractivity contribution is 7.80. The third-order valence-electron chi connectivity index (χ3n) is 2.46. The molecule has 0 aromatic heterocycles. The second-order valence-corrected chi connectivity index (χ2v) is 5.00. The van der Waals surface area contributed by atoms with Crippen LogP contribution >= 0.6 is 12.2 Å². The molecular weight excluding hydrogens is 265 g/mol. The third-order valence-corrected chi connectivity index (χ3v) is 2.66. The number of anilines is 1. The fraction of sp³-hybridized carbons (Fsp3) is 0.385. The van der Waals surface area contributed by atoms with Gasteiger partial charge in [0.2, 0.25) is 5.91 Å². The van der Waals surface area contributed by atoms with E-state index in [1.165, 1.54) is 12.1 Å². The first kappa shape index (κ1) is 15.4. The number of nitrogens with two attached hydrogens (primary N) is 1. The number of halogens is 1. The van der Waals surface area contributed by atoms with Gasteiger partial charge in [0.25, 0.3) is 0 Å². The molecule has 1 aromatic rings. The van der Waals surface area contributed by atoms with E-state index in [2.05, 4.69) is 10.6 Å². The quantitative estimate of drug-likeness (QED) is 0.721. The predicted molar refractivity (Wildman–Crippen MR) is 78.7 cm³/mol. The molecule has 4 N–H and O–H groups in total. The van der Waals surface area contributed by atoms with Crippen LogP contribution in [0, 0.1) is 5.82 Å². The molecular formula is C13H18FN3OS. The van der Waals surface area contributed by atoms with E-state index in [1.54, 1.807) is 13.0 Å². The zero-order chi connectivity index (χ0) is 14.6. The number of hydrogen-bond donors (Lipinski definition) is 3. The number of rotatable bonds is 5. The number of benzene rings is 1. The van der Waals surface area contributed by atoms with E-state index in [0.29, 0.717) is 5.69 Å². The van der Waals surface area contributed by atoms with Gasteiger partial charge in [0.05, 0.1) is 5.56 Å². The number of carbonyl (C=O) groups excluding carboxylic acids is 1. The van der Waals surface area contributed by atoms with Gasteiger partial charge < -0.3 is 16.4 Å². The van der Waals surface area contributed by atoms with Gasteiger partial charge in [0.15, 0.2) is 0 Å². The molecule has 0 spiro atoms. The molecule has 6 heteroatoms. The van der Waals surface area contributed by atoms with E-state index in [9.17, 15) is 9.18 Å². The molecule has 104 valence electrons. The normalized spacial score (nSPS) is 12.1. The van der Waals surface area contributed by atoms with Crippen molar-refractivity contribution in [3.8, 4) is 0 Å². The molecule has 1 atom stereocenters. The fourth-order valence-electron chi connectivity index (χ4n) is 1.60. The van der Waals surface area contributed by atoms with Gasteiger partial charge >= 0.3 is 0 Å². The molecule has 0 aliphatic heterocycles. The summed E-state index contributed by atoms with van der Waals surface area (Å²) in [5, 5.41) is 5.69. The largest absolute Gasteiger partial charge is 0.389 e. The Bertz CT molecular complexity index is 491. The summed E-state index contributed by atoms with van der Waals surface area (Å²) in [6.45, 7) is 5.42. The van der Waals surface area contributed by atoms with Crippen molar-refractivity contribution < 1.29 is 9.18 Å². The highest BCUT2D eigenvalue weighted by atomic mass is 32.1. The molecule has 1 unspecified atom stereocenters. The second kappa shape index (κ2) is 6.47. The summed E-state index contributed by atoms with van der Waals surface area (Å²) >= 11 is 4.82. The van der Waals surface area contributed by atoms with Crippen LogP contribution in [0.15, 0.2) is 18.2 Å². The molecule has 0 heterocycles. The number of hydrogen-bond acceptors (Lipinski definition) is 3. The second-order valence-electron chi connectivity index (χ2n) is 4.56. The van der Waals surface area contributed by atoms with Crippen molar-refractivity contribution in [1.82, 2.24) is 5.32 Å². The number of thiocarbonyl (C=S) groups is 1. The van der Waals surface area contributed by atoms with E-state index >= 15 is 0 Å². The molecule has 0 aliphatic rings. The van der Waals surface area contributed by atoms with E-state index in [4.69, 9.17) is 18.0 Å². The minimum atomic E-state index is -0.516. The topological polar surface area (TPSA) is 67.2 Å². The van der Waals surface area contributed by atoms with Crippen molar-refractivity contribution in [1.29, 1.82) is 0 Å². The average Bonchev–Trinajstić information content (AvgIpc) is 2.27. The molecule has 1 aromatic carbocycles. The summed E-state index contributed by atoms with van der Waals surface area (Å²) in [5.74, 6) is -0.679. The Morgan fingerprint density at radius 3 is 2.53 bits per heavy atom. The van der Waals surface area contributed by atoms with Crippen molar-refractivity contribution in [3.63, 3.8) is 0 Å². The lowest BCUT2D eigenvalue weighted by Crippen LogP contribution is -2.41. The lowest BCUT2D eigenvalue weighted by molar-refractivity contribution is -0.122. The summed E-state index contributed by atoms with van der Waals surface area (Å²) in [5.41, 5.74) is 6.04. The van der Waals surface area contributed by atoms with Gasteiger partial charge in [-0.05, 0) is 32.9 Å². The molecule has 0 fully saturated rings. The van der Waals surface area contributed by atoms with Crippen LogP contribution < -0.4 is 16.4 Å². The maximum atomic E-state index is 13.7. The van der Waals surface area contributed by atoms with E-state index in [1.807, 2.05) is 13.8 Å². The van der Waals surface area contributed by atoms with Gasteiger partial charge in [-0.2, -0.15) is 0 Å². The smallest absolute Gasteiger partial charge is 0.242 e. The van der Waals surface area contributed by atoms with Crippen molar-refractivity contribution in [2.75, 3.05) is 5.32 Å². The standard InChI is InChI=1S/C13H18FN3OS/c1-7(2)16-13(18)8(3)17-10-6-4-5-9(14)11(10)12(15)19/h4-8,17H,1-3H3,(H2,15,19)(H,16,18). The Labute approximate surface area is 117 Å². The van der Waals surface area contributed by atoms with Crippen molar-refractivity contribution in [2.45, 2.75) is 32.9 Å². The van der Waals surface area contributed by atoms with Gasteiger partial charge in [-0.1, -0.05) is 18.3 Å². The third kappa shape index (κ3) is 4.17. The molecule has 1 rings (SSSR count). The highest BCUT2D eigenvalue weighted by Crippen LogP contribution is 2.19. The summed E-state index contributed by atoms with van der Waals surface area (Å²) in [6.07, 6.45) is 0. The summed E-state index contributed by atoms with van der Waals surface area (Å²) in [7, 11) is 0. The van der Waals surface area contributed by atoms with E-state index in [-0.39, 0.29) is 22.5 Å². The fourth-order valence-corrected chi connectivity index (χ4v) is 1.81. The lowest BCUT2D eigenvalue weighted by Gasteiger charge is -2.19. The van der Waals surface area contributed by atoms with Gasteiger partial charge in [-0.3, -0.25) is 4.79 Å². The lowest BCUT2D eigenvalue weighted by atomic mass is 10.1. The first-order valence-electron chi connectivity index (χ1n) is 5.98. The van der Waals surface area contributed by atoms with E-state index < -0.39 is 11.9 Å². The van der Waals surface area contributed by atoms with Crippen LogP contribution in [0.4, 0.5) is 10.1 Å². The van der Waals surface area contributed by atoms with Gasteiger partial charge in [0, 0.05) is 11.7 Å². The maximum Gasteiger partial charge on any atom is 0.242 e. The Kier molecular flexibility index (Phi) is 5.23. The molecule has 1 amide bonds. The van der Waals surface area contributed by atoms with Crippen LogP contribution in [0.3, 0.4) is 0 Å². The summed E-state index contributed by atoms with van der Waals surface area (Å²) < 4.78 is 13.7. The SMILES string of the molecule is CC(C)NC(=O)C(C)Nc1cccc(F)c1C(N)=S. The molecule has 0 aliphatic carbocycles. The number of nitrogens with one attached hydrogen (secondary N) is 2. The molecule has 0 radical (unpaired) electrons. The Balaban J connectivity index is 2.91. The molecule has 4 nitrogen and oxygen atoms in total. The van der Waals surface area contributed by atoms with Crippen molar-refractivity contribution in [3.05, 3.63) is 29.6 Å². The average molecular weight is 283 g/mol. The zero-order valence-corrected chi connectivity index (χ0v) is 12.0. The molecule has 0 saturated carbocycles. The monoisotopic (exact) mass is 283 g/mol. The molecule has 0 saturated heterocycles. The van der Waals surface area contributed by atoms with Crippen molar-refractivity contribution in [2.24, 2.45) is 5.73 Å². The van der Waals surface area contributed by atoms with Gasteiger partial charge in [0.1, 0.15) is 16.8 Å². The molecule has 0 bridgehead atoms. The highest BCUT2D eigenvalue weighted by Gasteiger charge is 2.17. The first-order chi connectivity index (χ1) is 8.82. The van der Waals surface area contributed by atoms with Crippen LogP contribution in [0.25, 0.3) is 0 Å². The van der Waals surface area contributed by atoms with Crippen LogP contribution in [-0.4, -0.2) is 23.0 Å². The number of carbonyl (C=O) groups is 1. The Morgan fingerprint density at radius 2 is 2.00 bits per heavy atom. The summed E-state index contributed by atoms with van der Waals surface area (Å²) in [4.78, 5) is 11.7. The van der Waals surface area contributed by atoms with Gasteiger partial charge in [-0.15, -0.1) is 0 Å². The van der Waals surface area contributed by atoms with E-state index in [0.717, 1.165) is 0 Å². The molecule has 19 heavy (non-hydrogen) atoms. The Morgan fingerprint density at radius 1 is 1.37 bits per heavy atom. The minimum Gasteiger partial charge on any atom is -0.389 e. The predicted octanol–water partition coefficient (Wildman–Crippen LogP) is 1.78. The number of amides is 1. The van der Waals surface area contributed by atoms with Crippen LogP contribution in [-0.2, 0) is 4.79 Å². The van der Waals surface area contributed by atoms with Gasteiger partial charge in [-0.25, -0.2) is 4.39 Å². The Hall–Kier alpha value is -1.69. The van der Waals surface area contributed by atoms with Crippen LogP contribution in [0.1, 0.15) is 26.3 Å². The summed E-state index contributed by atoms with van der Waals surface area (Å²) in [6, 6.07) is 3.97. The minimum absolute atomic E-state index is 0.0410. The van der Waals surface area contributed by atoms with Crippen LogP contribution in [0.2, 0.25) is 0 Å². The van der Waals surface area contributed by atoms with Crippen LogP contribution in [0.5, 0.6) is 0 Å². The first-order valence-corrected chi connectivity index (χ1v) is 6.39. The van der Waals surface area contributed by atoms with Crippen molar-refractivity contribution >= 4 is 28.8 Å².